The number of nitrogens with zero attached hydrogens (tertiary/aromatic N) is 3. The molecule has 25 heavy (non-hydrogen) atoms. The third kappa shape index (κ3) is 4.14. The molecule has 1 aromatic carbocycles. The fourth-order valence-electron chi connectivity index (χ4n) is 2.94. The molecule has 0 bridgehead atoms. The number of benzene rings is 1. The molecule has 1 saturated heterocycles. The van der Waals surface area contributed by atoms with Crippen molar-refractivity contribution in [3.8, 4) is 0 Å². The summed E-state index contributed by atoms with van der Waals surface area (Å²) in [6.45, 7) is 3.11. The lowest BCUT2D eigenvalue weighted by atomic mass is 10.2. The fourth-order valence-corrected chi connectivity index (χ4v) is 3.12. The van der Waals surface area contributed by atoms with Crippen LogP contribution in [0.1, 0.15) is 17.0 Å². The van der Waals surface area contributed by atoms with Gasteiger partial charge in [-0.05, 0) is 30.7 Å². The Morgan fingerprint density at radius 2 is 1.96 bits per heavy atom. The van der Waals surface area contributed by atoms with Crippen LogP contribution in [0.5, 0.6) is 0 Å². The number of amides is 2. The lowest BCUT2D eigenvalue weighted by Gasteiger charge is -2.22. The summed E-state index contributed by atoms with van der Waals surface area (Å²) < 4.78 is 5.68. The Morgan fingerprint density at radius 3 is 2.72 bits per heavy atom. The Bertz CT molecular complexity index is 787. The van der Waals surface area contributed by atoms with Crippen molar-refractivity contribution in [2.75, 3.05) is 46.8 Å². The van der Waals surface area contributed by atoms with Crippen LogP contribution in [0.4, 0.5) is 0 Å². The van der Waals surface area contributed by atoms with E-state index < -0.39 is 0 Å². The van der Waals surface area contributed by atoms with Crippen molar-refractivity contribution in [3.05, 3.63) is 35.0 Å². The number of rotatable bonds is 3. The van der Waals surface area contributed by atoms with Gasteiger partial charge in [0.25, 0.3) is 5.91 Å². The van der Waals surface area contributed by atoms with Crippen LogP contribution in [0.25, 0.3) is 11.0 Å². The lowest BCUT2D eigenvalue weighted by Crippen LogP contribution is -2.39. The van der Waals surface area contributed by atoms with Gasteiger partial charge < -0.3 is 14.2 Å². The summed E-state index contributed by atoms with van der Waals surface area (Å²) in [7, 11) is 3.51. The van der Waals surface area contributed by atoms with Crippen molar-refractivity contribution < 1.29 is 14.0 Å². The van der Waals surface area contributed by atoms with Crippen molar-refractivity contribution in [2.45, 2.75) is 6.42 Å². The first-order valence-corrected chi connectivity index (χ1v) is 8.73. The van der Waals surface area contributed by atoms with Gasteiger partial charge in [-0.25, -0.2) is 0 Å². The first-order valence-electron chi connectivity index (χ1n) is 8.35. The van der Waals surface area contributed by atoms with Gasteiger partial charge in [-0.1, -0.05) is 11.6 Å². The maximum atomic E-state index is 12.7. The first kappa shape index (κ1) is 17.8. The Morgan fingerprint density at radius 1 is 1.16 bits per heavy atom. The molecule has 134 valence electrons. The van der Waals surface area contributed by atoms with Crippen LogP contribution < -0.4 is 0 Å². The summed E-state index contributed by atoms with van der Waals surface area (Å²) >= 11 is 5.98. The number of furan rings is 1. The molecule has 0 spiro atoms. The van der Waals surface area contributed by atoms with E-state index in [2.05, 4.69) is 4.90 Å². The van der Waals surface area contributed by atoms with Crippen LogP contribution >= 0.6 is 11.6 Å². The topological polar surface area (TPSA) is 57.0 Å². The van der Waals surface area contributed by atoms with E-state index in [1.807, 2.05) is 0 Å². The van der Waals surface area contributed by atoms with E-state index >= 15 is 0 Å². The summed E-state index contributed by atoms with van der Waals surface area (Å²) in [6.07, 6.45) is 0.832. The van der Waals surface area contributed by atoms with Crippen LogP contribution in [0.3, 0.4) is 0 Å². The summed E-state index contributed by atoms with van der Waals surface area (Å²) in [5, 5.41) is 1.44. The van der Waals surface area contributed by atoms with Gasteiger partial charge in [0.05, 0.1) is 6.54 Å². The van der Waals surface area contributed by atoms with Gasteiger partial charge in [0.2, 0.25) is 5.91 Å². The second-order valence-electron chi connectivity index (χ2n) is 6.50. The molecule has 0 atom stereocenters. The van der Waals surface area contributed by atoms with Crippen molar-refractivity contribution in [1.82, 2.24) is 14.7 Å². The Labute approximate surface area is 151 Å². The molecule has 2 heterocycles. The largest absolute Gasteiger partial charge is 0.451 e. The molecule has 0 radical (unpaired) electrons. The van der Waals surface area contributed by atoms with Crippen LogP contribution in [0.15, 0.2) is 28.7 Å². The molecule has 0 aliphatic carbocycles. The Hall–Kier alpha value is -2.05. The molecular weight excluding hydrogens is 342 g/mol. The minimum absolute atomic E-state index is 0.0777. The zero-order chi connectivity index (χ0) is 18.0. The zero-order valence-electron chi connectivity index (χ0n) is 14.5. The van der Waals surface area contributed by atoms with Gasteiger partial charge in [-0.15, -0.1) is 0 Å². The highest BCUT2D eigenvalue weighted by atomic mass is 35.5. The highest BCUT2D eigenvalue weighted by Gasteiger charge is 2.24. The maximum Gasteiger partial charge on any atom is 0.289 e. The average Bonchev–Trinajstić information content (AvgIpc) is 2.85. The third-order valence-corrected chi connectivity index (χ3v) is 4.66. The number of likely N-dealkylation sites (N-methyl/N-ethyl adjacent to an activating group) is 1. The normalized spacial score (nSPS) is 16.0. The minimum atomic E-state index is -0.117. The molecule has 2 aromatic rings. The molecule has 0 saturated carbocycles. The predicted octanol–water partition coefficient (Wildman–Crippen LogP) is 2.32. The molecule has 1 aliphatic rings. The molecule has 2 amide bonds. The van der Waals surface area contributed by atoms with E-state index in [0.717, 1.165) is 18.4 Å². The molecule has 0 unspecified atom stereocenters. The predicted molar refractivity (Wildman–Crippen MR) is 96.9 cm³/mol. The second-order valence-corrected chi connectivity index (χ2v) is 6.94. The molecule has 1 aliphatic heterocycles. The quantitative estimate of drug-likeness (QED) is 0.839. The fraction of sp³-hybridized carbons (Fsp3) is 0.444. The third-order valence-electron chi connectivity index (χ3n) is 4.42. The van der Waals surface area contributed by atoms with Crippen LogP contribution in [-0.2, 0) is 4.79 Å². The number of carbonyl (C=O) groups is 2. The molecule has 0 N–H and O–H groups in total. The maximum absolute atomic E-state index is 12.7. The molecule has 3 rings (SSSR count). The van der Waals surface area contributed by atoms with E-state index in [-0.39, 0.29) is 11.8 Å². The van der Waals surface area contributed by atoms with E-state index in [1.165, 1.54) is 0 Å². The highest BCUT2D eigenvalue weighted by molar-refractivity contribution is 6.31. The van der Waals surface area contributed by atoms with E-state index in [4.69, 9.17) is 16.0 Å². The molecular formula is C18H22ClN3O3. The number of fused-ring (bicyclic) bond motifs is 1. The van der Waals surface area contributed by atoms with Crippen molar-refractivity contribution >= 4 is 34.4 Å². The van der Waals surface area contributed by atoms with Gasteiger partial charge in [0.1, 0.15) is 5.58 Å². The highest BCUT2D eigenvalue weighted by Crippen LogP contribution is 2.24. The van der Waals surface area contributed by atoms with Crippen LogP contribution in [-0.4, -0.2) is 73.3 Å². The summed E-state index contributed by atoms with van der Waals surface area (Å²) in [5.74, 6) is 0.289. The summed E-state index contributed by atoms with van der Waals surface area (Å²) in [6, 6.07) is 7.04. The van der Waals surface area contributed by atoms with E-state index in [9.17, 15) is 9.59 Å². The standard InChI is InChI=1S/C18H22ClN3O3/c1-20(2)17(23)12-21-6-3-7-22(9-8-21)18(24)16-11-13-10-14(19)4-5-15(13)25-16/h4-5,10-11H,3,6-9,12H2,1-2H3. The van der Waals surface area contributed by atoms with Crippen molar-refractivity contribution in [1.29, 1.82) is 0 Å². The van der Waals surface area contributed by atoms with Gasteiger partial charge >= 0.3 is 0 Å². The Kier molecular flexibility index (Phi) is 5.30. The van der Waals surface area contributed by atoms with E-state index in [0.29, 0.717) is 42.5 Å². The number of hydrogen-bond donors (Lipinski definition) is 0. The van der Waals surface area contributed by atoms with Crippen molar-refractivity contribution in [3.63, 3.8) is 0 Å². The minimum Gasteiger partial charge on any atom is -0.451 e. The number of hydrogen-bond acceptors (Lipinski definition) is 4. The zero-order valence-corrected chi connectivity index (χ0v) is 15.3. The van der Waals surface area contributed by atoms with Gasteiger partial charge in [-0.2, -0.15) is 0 Å². The van der Waals surface area contributed by atoms with Gasteiger partial charge in [0.15, 0.2) is 5.76 Å². The average molecular weight is 364 g/mol. The Balaban J connectivity index is 1.67. The van der Waals surface area contributed by atoms with Gasteiger partial charge in [0, 0.05) is 50.7 Å². The molecule has 7 heteroatoms. The second kappa shape index (κ2) is 7.45. The lowest BCUT2D eigenvalue weighted by molar-refractivity contribution is -0.129. The molecule has 6 nitrogen and oxygen atoms in total. The number of halogens is 1. The molecule has 1 aromatic heterocycles. The van der Waals surface area contributed by atoms with Crippen molar-refractivity contribution in [2.24, 2.45) is 0 Å². The molecule has 1 fully saturated rings. The number of carbonyl (C=O) groups excluding carboxylic acids is 2. The van der Waals surface area contributed by atoms with Gasteiger partial charge in [-0.3, -0.25) is 14.5 Å². The van der Waals surface area contributed by atoms with Crippen LogP contribution in [0.2, 0.25) is 5.02 Å². The summed E-state index contributed by atoms with van der Waals surface area (Å²) in [4.78, 5) is 30.1. The SMILES string of the molecule is CN(C)C(=O)CN1CCCN(C(=O)c2cc3cc(Cl)ccc3o2)CC1. The van der Waals surface area contributed by atoms with Crippen LogP contribution in [0, 0.1) is 0 Å². The van der Waals surface area contributed by atoms with E-state index in [1.54, 1.807) is 48.2 Å². The smallest absolute Gasteiger partial charge is 0.289 e. The monoisotopic (exact) mass is 363 g/mol. The summed E-state index contributed by atoms with van der Waals surface area (Å²) in [5.41, 5.74) is 0.653. The first-order chi connectivity index (χ1) is 11.9.